The molecule has 2 saturated heterocycles. The molecule has 1 aromatic heterocycles. The lowest BCUT2D eigenvalue weighted by atomic mass is 10.2. The molecule has 0 aliphatic carbocycles. The maximum Gasteiger partial charge on any atom is 0.233 e. The van der Waals surface area contributed by atoms with Gasteiger partial charge in [0.15, 0.2) is 5.82 Å². The van der Waals surface area contributed by atoms with Gasteiger partial charge in [-0.15, -0.1) is 0 Å². The summed E-state index contributed by atoms with van der Waals surface area (Å²) in [7, 11) is 0. The molecule has 2 fully saturated rings. The lowest BCUT2D eigenvalue weighted by molar-refractivity contribution is -0.128. The van der Waals surface area contributed by atoms with Crippen LogP contribution in [0.5, 0.6) is 0 Å². The van der Waals surface area contributed by atoms with Gasteiger partial charge in [-0.05, 0) is 30.3 Å². The van der Waals surface area contributed by atoms with E-state index in [1.165, 1.54) is 11.8 Å². The van der Waals surface area contributed by atoms with Gasteiger partial charge in [0.2, 0.25) is 5.91 Å². The Kier molecular flexibility index (Phi) is 6.85. The van der Waals surface area contributed by atoms with Crippen molar-refractivity contribution in [3.8, 4) is 0 Å². The Balaban J connectivity index is 1.25. The zero-order chi connectivity index (χ0) is 22.6. The lowest BCUT2D eigenvalue weighted by Gasteiger charge is -2.36. The molecule has 9 heteroatoms. The highest BCUT2D eigenvalue weighted by molar-refractivity contribution is 8.00. The van der Waals surface area contributed by atoms with Crippen molar-refractivity contribution in [1.82, 2.24) is 14.9 Å². The highest BCUT2D eigenvalue weighted by Crippen LogP contribution is 2.30. The van der Waals surface area contributed by atoms with Crippen LogP contribution in [0.1, 0.15) is 0 Å². The van der Waals surface area contributed by atoms with Crippen LogP contribution in [0.15, 0.2) is 53.6 Å². The number of hydrogen-bond acceptors (Lipinski definition) is 7. The zero-order valence-electron chi connectivity index (χ0n) is 18.3. The highest BCUT2D eigenvalue weighted by atomic mass is 35.5. The molecule has 0 radical (unpaired) electrons. The van der Waals surface area contributed by atoms with E-state index in [1.807, 2.05) is 47.4 Å². The Hall–Kier alpha value is -2.55. The number of halogens is 1. The summed E-state index contributed by atoms with van der Waals surface area (Å²) >= 11 is 7.61. The molecule has 2 aliphatic heterocycles. The summed E-state index contributed by atoms with van der Waals surface area (Å²) < 4.78 is 5.50. The minimum atomic E-state index is 0.133. The third-order valence-corrected chi connectivity index (χ3v) is 7.14. The van der Waals surface area contributed by atoms with E-state index in [0.29, 0.717) is 32.1 Å². The summed E-state index contributed by atoms with van der Waals surface area (Å²) in [6.45, 7) is 5.90. The maximum absolute atomic E-state index is 13.0. The van der Waals surface area contributed by atoms with E-state index in [0.717, 1.165) is 58.8 Å². The van der Waals surface area contributed by atoms with Gasteiger partial charge >= 0.3 is 0 Å². The number of morpholine rings is 1. The van der Waals surface area contributed by atoms with E-state index in [2.05, 4.69) is 15.9 Å². The standard InChI is InChI=1S/C24H26ClN5O2S/c25-18-4-3-5-19(16-18)28-8-10-29(11-9-28)22(31)17-33-24-23(30-12-14-32-15-13-30)26-20-6-1-2-7-21(20)27-24/h1-7,16H,8-15,17H2. The van der Waals surface area contributed by atoms with Crippen LogP contribution in [0.3, 0.4) is 0 Å². The number of nitrogens with zero attached hydrogens (tertiary/aromatic N) is 5. The van der Waals surface area contributed by atoms with Crippen molar-refractivity contribution in [2.45, 2.75) is 5.03 Å². The second-order valence-corrected chi connectivity index (χ2v) is 9.48. The van der Waals surface area contributed by atoms with Gasteiger partial charge in [0.1, 0.15) is 5.03 Å². The maximum atomic E-state index is 13.0. The van der Waals surface area contributed by atoms with Crippen molar-refractivity contribution in [1.29, 1.82) is 0 Å². The Bertz CT molecular complexity index is 1130. The van der Waals surface area contributed by atoms with E-state index >= 15 is 0 Å². The topological polar surface area (TPSA) is 61.8 Å². The van der Waals surface area contributed by atoms with Crippen molar-refractivity contribution in [2.75, 3.05) is 68.0 Å². The lowest BCUT2D eigenvalue weighted by Crippen LogP contribution is -2.49. The Morgan fingerprint density at radius 3 is 2.36 bits per heavy atom. The van der Waals surface area contributed by atoms with Crippen molar-refractivity contribution in [2.24, 2.45) is 0 Å². The molecule has 5 rings (SSSR count). The molecule has 0 atom stereocenters. The number of ether oxygens (including phenoxy) is 1. The van der Waals surface area contributed by atoms with Crippen LogP contribution in [-0.4, -0.2) is 79.0 Å². The monoisotopic (exact) mass is 483 g/mol. The SMILES string of the molecule is O=C(CSc1nc2ccccc2nc1N1CCOCC1)N1CCN(c2cccc(Cl)c2)CC1. The van der Waals surface area contributed by atoms with Crippen molar-refractivity contribution >= 4 is 51.8 Å². The van der Waals surface area contributed by atoms with Crippen LogP contribution in [0.25, 0.3) is 11.0 Å². The van der Waals surface area contributed by atoms with Crippen LogP contribution in [0.2, 0.25) is 5.02 Å². The average Bonchev–Trinajstić information content (AvgIpc) is 2.87. The molecule has 7 nitrogen and oxygen atoms in total. The number of thioether (sulfide) groups is 1. The summed E-state index contributed by atoms with van der Waals surface area (Å²) in [4.78, 5) is 29.2. The van der Waals surface area contributed by atoms with Crippen molar-refractivity contribution < 1.29 is 9.53 Å². The quantitative estimate of drug-likeness (QED) is 0.514. The van der Waals surface area contributed by atoms with Crippen LogP contribution in [-0.2, 0) is 9.53 Å². The van der Waals surface area contributed by atoms with Gasteiger partial charge in [-0.2, -0.15) is 0 Å². The highest BCUT2D eigenvalue weighted by Gasteiger charge is 2.24. The second kappa shape index (κ2) is 10.2. The van der Waals surface area contributed by atoms with E-state index in [9.17, 15) is 4.79 Å². The number of benzene rings is 2. The number of para-hydroxylation sites is 2. The first-order chi connectivity index (χ1) is 16.2. The smallest absolute Gasteiger partial charge is 0.233 e. The van der Waals surface area contributed by atoms with Gasteiger partial charge in [0.05, 0.1) is 30.0 Å². The molecule has 0 unspecified atom stereocenters. The first-order valence-electron chi connectivity index (χ1n) is 11.2. The van der Waals surface area contributed by atoms with Crippen LogP contribution in [0.4, 0.5) is 11.5 Å². The molecule has 0 bridgehead atoms. The molecular formula is C24H26ClN5O2S. The van der Waals surface area contributed by atoms with Gasteiger partial charge in [-0.1, -0.05) is 41.6 Å². The number of piperazine rings is 1. The number of fused-ring (bicyclic) bond motifs is 1. The predicted molar refractivity (Wildman–Crippen MR) is 134 cm³/mol. The van der Waals surface area contributed by atoms with Crippen molar-refractivity contribution in [3.63, 3.8) is 0 Å². The molecule has 2 aliphatic rings. The van der Waals surface area contributed by atoms with E-state index in [1.54, 1.807) is 0 Å². The number of aromatic nitrogens is 2. The van der Waals surface area contributed by atoms with Gasteiger partial charge in [-0.25, -0.2) is 9.97 Å². The van der Waals surface area contributed by atoms with Crippen LogP contribution in [0, 0.1) is 0 Å². The largest absolute Gasteiger partial charge is 0.378 e. The van der Waals surface area contributed by atoms with Gasteiger partial charge in [-0.3, -0.25) is 4.79 Å². The molecule has 33 heavy (non-hydrogen) atoms. The normalized spacial score (nSPS) is 16.9. The molecular weight excluding hydrogens is 458 g/mol. The fraction of sp³-hybridized carbons (Fsp3) is 0.375. The van der Waals surface area contributed by atoms with E-state index < -0.39 is 0 Å². The number of hydrogen-bond donors (Lipinski definition) is 0. The van der Waals surface area contributed by atoms with Gasteiger partial charge in [0.25, 0.3) is 0 Å². The van der Waals surface area contributed by atoms with Crippen LogP contribution >= 0.6 is 23.4 Å². The number of carbonyl (C=O) groups excluding carboxylic acids is 1. The molecule has 1 amide bonds. The summed E-state index contributed by atoms with van der Waals surface area (Å²) in [5.74, 6) is 1.33. The first kappa shape index (κ1) is 22.3. The fourth-order valence-corrected chi connectivity index (χ4v) is 5.25. The van der Waals surface area contributed by atoms with Gasteiger partial charge in [0, 0.05) is 50.0 Å². The van der Waals surface area contributed by atoms with E-state index in [-0.39, 0.29) is 5.91 Å². The van der Waals surface area contributed by atoms with Crippen LogP contribution < -0.4 is 9.80 Å². The summed E-state index contributed by atoms with van der Waals surface area (Å²) in [5.41, 5.74) is 2.82. The summed E-state index contributed by atoms with van der Waals surface area (Å²) in [6.07, 6.45) is 0. The zero-order valence-corrected chi connectivity index (χ0v) is 19.9. The summed E-state index contributed by atoms with van der Waals surface area (Å²) in [5, 5.41) is 1.54. The molecule has 0 spiro atoms. The molecule has 3 heterocycles. The van der Waals surface area contributed by atoms with Crippen molar-refractivity contribution in [3.05, 3.63) is 53.6 Å². The fourth-order valence-electron chi connectivity index (χ4n) is 4.16. The minimum absolute atomic E-state index is 0.133. The second-order valence-electron chi connectivity index (χ2n) is 8.08. The number of amides is 1. The molecule has 0 N–H and O–H groups in total. The van der Waals surface area contributed by atoms with Gasteiger partial charge < -0.3 is 19.4 Å². The molecule has 172 valence electrons. The Morgan fingerprint density at radius 1 is 0.909 bits per heavy atom. The van der Waals surface area contributed by atoms with E-state index in [4.69, 9.17) is 26.3 Å². The number of rotatable bonds is 5. The molecule has 2 aromatic carbocycles. The third-order valence-electron chi connectivity index (χ3n) is 5.97. The minimum Gasteiger partial charge on any atom is -0.378 e. The average molecular weight is 484 g/mol. The summed E-state index contributed by atoms with van der Waals surface area (Å²) in [6, 6.07) is 15.7. The molecule has 0 saturated carbocycles. The first-order valence-corrected chi connectivity index (χ1v) is 12.5. The number of anilines is 2. The predicted octanol–water partition coefficient (Wildman–Crippen LogP) is 3.56. The third kappa shape index (κ3) is 5.18. The Labute approximate surface area is 202 Å². The number of carbonyl (C=O) groups is 1. The molecule has 3 aromatic rings. The Morgan fingerprint density at radius 2 is 1.64 bits per heavy atom.